The molecule has 2 rings (SSSR count). The quantitative estimate of drug-likeness (QED) is 0.587. The molecule has 0 aromatic rings. The van der Waals surface area contributed by atoms with Gasteiger partial charge in [0.25, 0.3) is 0 Å². The van der Waals surface area contributed by atoms with E-state index in [0.717, 1.165) is 18.5 Å². The van der Waals surface area contributed by atoms with Crippen LogP contribution in [0.5, 0.6) is 0 Å². The highest BCUT2D eigenvalue weighted by molar-refractivity contribution is 5.98. The molecular formula is C7H9NO2. The van der Waals surface area contributed by atoms with Crippen molar-refractivity contribution < 1.29 is 9.84 Å². The minimum atomic E-state index is -0.151. The first-order valence-electron chi connectivity index (χ1n) is 3.50. The van der Waals surface area contributed by atoms with Crippen LogP contribution in [0, 0.1) is 0 Å². The molecule has 3 nitrogen and oxygen atoms in total. The van der Waals surface area contributed by atoms with Crippen LogP contribution in [0.15, 0.2) is 16.4 Å². The molecule has 2 aliphatic heterocycles. The van der Waals surface area contributed by atoms with Crippen LogP contribution >= 0.6 is 0 Å². The Balaban J connectivity index is 2.14. The van der Waals surface area contributed by atoms with Crippen molar-refractivity contribution in [3.63, 3.8) is 0 Å². The summed E-state index contributed by atoms with van der Waals surface area (Å²) in [6.07, 6.45) is 1.72. The molecule has 0 radical (unpaired) electrons. The first-order valence-corrected chi connectivity index (χ1v) is 3.50. The van der Waals surface area contributed by atoms with Crippen LogP contribution in [0.4, 0.5) is 0 Å². The lowest BCUT2D eigenvalue weighted by atomic mass is 10.2. The number of hydrogen-bond acceptors (Lipinski definition) is 3. The van der Waals surface area contributed by atoms with Gasteiger partial charge < -0.3 is 9.84 Å². The number of allylic oxidation sites excluding steroid dienone is 1. The summed E-state index contributed by atoms with van der Waals surface area (Å²) in [5.74, 6) is 1.03. The van der Waals surface area contributed by atoms with E-state index >= 15 is 0 Å². The molecule has 1 saturated heterocycles. The number of ether oxygens (including phenoxy) is 1. The summed E-state index contributed by atoms with van der Waals surface area (Å²) in [5.41, 5.74) is 0.814. The summed E-state index contributed by atoms with van der Waals surface area (Å²) in [6, 6.07) is 0. The standard InChI is InChI=1S/C7H9NO2/c1-2-3-4-5(9)6-7(8-4)10-6/h6,9H,2-3H2,1H3. The van der Waals surface area contributed by atoms with Gasteiger partial charge in [0, 0.05) is 0 Å². The molecule has 1 fully saturated rings. The van der Waals surface area contributed by atoms with E-state index in [4.69, 9.17) is 4.74 Å². The molecule has 1 atom stereocenters. The zero-order valence-electron chi connectivity index (χ0n) is 5.79. The van der Waals surface area contributed by atoms with Gasteiger partial charge >= 0.3 is 0 Å². The third kappa shape index (κ3) is 0.632. The molecule has 0 aromatic carbocycles. The van der Waals surface area contributed by atoms with Crippen LogP contribution in [-0.4, -0.2) is 17.1 Å². The lowest BCUT2D eigenvalue weighted by Gasteiger charge is -1.96. The van der Waals surface area contributed by atoms with E-state index in [2.05, 4.69) is 11.9 Å². The molecule has 10 heavy (non-hydrogen) atoms. The van der Waals surface area contributed by atoms with E-state index in [9.17, 15) is 5.11 Å². The van der Waals surface area contributed by atoms with Crippen LogP contribution in [0.2, 0.25) is 0 Å². The number of aliphatic hydroxyl groups excluding tert-OH is 1. The number of aliphatic imine (C=N–C) groups is 1. The monoisotopic (exact) mass is 139 g/mol. The summed E-state index contributed by atoms with van der Waals surface area (Å²) >= 11 is 0. The maximum Gasteiger partial charge on any atom is 0.240 e. The molecule has 3 heteroatoms. The molecule has 2 aliphatic rings. The molecular weight excluding hydrogens is 130 g/mol. The zero-order chi connectivity index (χ0) is 7.14. The second-order valence-electron chi connectivity index (χ2n) is 2.53. The Hall–Kier alpha value is -0.990. The number of fused-ring (bicyclic) bond motifs is 1. The van der Waals surface area contributed by atoms with Crippen molar-refractivity contribution >= 4 is 5.90 Å². The lowest BCUT2D eigenvalue weighted by Crippen LogP contribution is -1.91. The largest absolute Gasteiger partial charge is 0.506 e. The third-order valence-electron chi connectivity index (χ3n) is 1.68. The fourth-order valence-electron chi connectivity index (χ4n) is 1.11. The lowest BCUT2D eigenvalue weighted by molar-refractivity contribution is 0.322. The van der Waals surface area contributed by atoms with E-state index < -0.39 is 0 Å². The van der Waals surface area contributed by atoms with Gasteiger partial charge in [0.05, 0.1) is 5.70 Å². The van der Waals surface area contributed by atoms with Crippen LogP contribution in [0.25, 0.3) is 0 Å². The minimum Gasteiger partial charge on any atom is -0.506 e. The van der Waals surface area contributed by atoms with Crippen molar-refractivity contribution in [1.29, 1.82) is 0 Å². The number of rotatable bonds is 2. The summed E-state index contributed by atoms with van der Waals surface area (Å²) in [6.45, 7) is 2.06. The van der Waals surface area contributed by atoms with E-state index in [1.165, 1.54) is 0 Å². The van der Waals surface area contributed by atoms with Gasteiger partial charge in [-0.05, 0) is 6.42 Å². The molecule has 1 N–H and O–H groups in total. The van der Waals surface area contributed by atoms with Crippen LogP contribution in [-0.2, 0) is 4.74 Å². The van der Waals surface area contributed by atoms with Crippen molar-refractivity contribution in [2.24, 2.45) is 4.99 Å². The average Bonchev–Trinajstić information content (AvgIpc) is 2.60. The van der Waals surface area contributed by atoms with Gasteiger partial charge in [0.2, 0.25) is 12.0 Å². The molecule has 0 saturated carbocycles. The first kappa shape index (κ1) is 5.77. The zero-order valence-corrected chi connectivity index (χ0v) is 5.79. The third-order valence-corrected chi connectivity index (χ3v) is 1.68. The highest BCUT2D eigenvalue weighted by Crippen LogP contribution is 2.33. The van der Waals surface area contributed by atoms with Gasteiger partial charge in [-0.3, -0.25) is 0 Å². The Morgan fingerprint density at radius 3 is 3.00 bits per heavy atom. The Bertz CT molecular complexity index is 230. The highest BCUT2D eigenvalue weighted by atomic mass is 16.6. The molecule has 2 heterocycles. The summed E-state index contributed by atoms with van der Waals surface area (Å²) in [5, 5.41) is 9.27. The van der Waals surface area contributed by atoms with Gasteiger partial charge in [-0.25, -0.2) is 4.99 Å². The highest BCUT2D eigenvalue weighted by Gasteiger charge is 2.45. The molecule has 0 aliphatic carbocycles. The molecule has 0 bridgehead atoms. The number of epoxide rings is 1. The van der Waals surface area contributed by atoms with Crippen molar-refractivity contribution in [1.82, 2.24) is 0 Å². The Morgan fingerprint density at radius 1 is 1.70 bits per heavy atom. The predicted molar refractivity (Wildman–Crippen MR) is 36.9 cm³/mol. The summed E-state index contributed by atoms with van der Waals surface area (Å²) in [7, 11) is 0. The van der Waals surface area contributed by atoms with Crippen LogP contribution in [0.3, 0.4) is 0 Å². The Kier molecular flexibility index (Phi) is 1.01. The van der Waals surface area contributed by atoms with Gasteiger partial charge in [0.1, 0.15) is 0 Å². The summed E-state index contributed by atoms with van der Waals surface area (Å²) < 4.78 is 4.88. The van der Waals surface area contributed by atoms with Crippen LogP contribution < -0.4 is 0 Å². The van der Waals surface area contributed by atoms with Gasteiger partial charge in [-0.2, -0.15) is 0 Å². The van der Waals surface area contributed by atoms with E-state index in [0.29, 0.717) is 11.7 Å². The smallest absolute Gasteiger partial charge is 0.240 e. The molecule has 0 spiro atoms. The second-order valence-corrected chi connectivity index (χ2v) is 2.53. The van der Waals surface area contributed by atoms with Crippen molar-refractivity contribution in [2.75, 3.05) is 0 Å². The van der Waals surface area contributed by atoms with E-state index in [-0.39, 0.29) is 6.10 Å². The topological polar surface area (TPSA) is 45.1 Å². The normalized spacial score (nSPS) is 27.7. The fourth-order valence-corrected chi connectivity index (χ4v) is 1.11. The molecule has 1 unspecified atom stereocenters. The van der Waals surface area contributed by atoms with Crippen LogP contribution in [0.1, 0.15) is 19.8 Å². The molecule has 0 amide bonds. The van der Waals surface area contributed by atoms with Crippen molar-refractivity contribution in [3.8, 4) is 0 Å². The summed E-state index contributed by atoms with van der Waals surface area (Å²) in [4.78, 5) is 4.06. The number of hydrogen-bond donors (Lipinski definition) is 1. The first-order chi connectivity index (χ1) is 4.83. The Morgan fingerprint density at radius 2 is 2.50 bits per heavy atom. The maximum absolute atomic E-state index is 9.27. The van der Waals surface area contributed by atoms with E-state index in [1.54, 1.807) is 0 Å². The molecule has 54 valence electrons. The average molecular weight is 139 g/mol. The van der Waals surface area contributed by atoms with E-state index in [1.807, 2.05) is 0 Å². The Labute approximate surface area is 59.0 Å². The minimum absolute atomic E-state index is 0.151. The van der Waals surface area contributed by atoms with Crippen molar-refractivity contribution in [3.05, 3.63) is 11.5 Å². The maximum atomic E-state index is 9.27. The molecule has 0 aromatic heterocycles. The van der Waals surface area contributed by atoms with Crippen molar-refractivity contribution in [2.45, 2.75) is 25.9 Å². The number of aliphatic hydroxyl groups is 1. The van der Waals surface area contributed by atoms with Gasteiger partial charge in [-0.15, -0.1) is 0 Å². The van der Waals surface area contributed by atoms with Gasteiger partial charge in [-0.1, -0.05) is 13.3 Å². The predicted octanol–water partition coefficient (Wildman–Crippen LogP) is 1.37. The fraction of sp³-hybridized carbons (Fsp3) is 0.571. The van der Waals surface area contributed by atoms with Gasteiger partial charge in [0.15, 0.2) is 5.76 Å². The number of nitrogens with zero attached hydrogens (tertiary/aromatic N) is 1. The SMILES string of the molecule is CCCC1=C(O)C2OC2=N1. The second kappa shape index (κ2) is 1.75.